The van der Waals surface area contributed by atoms with Gasteiger partial charge in [0.25, 0.3) is 0 Å². The molecule has 2 rings (SSSR count). The molecule has 0 fully saturated rings. The second-order valence-electron chi connectivity index (χ2n) is 4.02. The normalized spacial score (nSPS) is 9.89. The zero-order valence-electron chi connectivity index (χ0n) is 10.1. The van der Waals surface area contributed by atoms with Gasteiger partial charge in [-0.3, -0.25) is 4.79 Å². The van der Waals surface area contributed by atoms with Crippen LogP contribution in [0.15, 0.2) is 30.3 Å². The number of hydrogen-bond acceptors (Lipinski definition) is 3. The van der Waals surface area contributed by atoms with Crippen LogP contribution in [0.5, 0.6) is 0 Å². The van der Waals surface area contributed by atoms with Crippen molar-refractivity contribution in [2.45, 2.75) is 6.92 Å². The fraction of sp³-hybridized carbons (Fsp3) is 0.0714. The lowest BCUT2D eigenvalue weighted by atomic mass is 10.0. The summed E-state index contributed by atoms with van der Waals surface area (Å²) in [6.45, 7) is 1.35. The molecule has 0 spiro atoms. The summed E-state index contributed by atoms with van der Waals surface area (Å²) >= 11 is 0. The molecule has 0 aliphatic rings. The molecule has 0 saturated carbocycles. The molecule has 19 heavy (non-hydrogen) atoms. The number of fused-ring (bicyclic) bond motifs is 1. The van der Waals surface area contributed by atoms with Crippen LogP contribution >= 0.6 is 0 Å². The van der Waals surface area contributed by atoms with E-state index in [9.17, 15) is 9.59 Å². The fourth-order valence-corrected chi connectivity index (χ4v) is 1.87. The van der Waals surface area contributed by atoms with Crippen molar-refractivity contribution in [2.75, 3.05) is 5.32 Å². The zero-order valence-corrected chi connectivity index (χ0v) is 10.1. The summed E-state index contributed by atoms with van der Waals surface area (Å²) < 4.78 is 0. The Bertz CT molecular complexity index is 729. The molecular weight excluding hydrogens is 244 g/mol. The number of carbonyl (C=O) groups excluding carboxylic acids is 1. The number of rotatable bonds is 2. The number of nitrogens with one attached hydrogen (secondary N) is 1. The van der Waals surface area contributed by atoms with Gasteiger partial charge in [-0.1, -0.05) is 12.1 Å². The van der Waals surface area contributed by atoms with Gasteiger partial charge in [-0.15, -0.1) is 0 Å². The molecule has 0 heterocycles. The highest BCUT2D eigenvalue weighted by Gasteiger charge is 2.11. The van der Waals surface area contributed by atoms with E-state index >= 15 is 0 Å². The van der Waals surface area contributed by atoms with Crippen LogP contribution < -0.4 is 5.32 Å². The molecule has 5 nitrogen and oxygen atoms in total. The lowest BCUT2D eigenvalue weighted by Gasteiger charge is -2.09. The molecule has 0 aromatic heterocycles. The Kier molecular flexibility index (Phi) is 3.17. The Hall–Kier alpha value is -2.87. The first kappa shape index (κ1) is 12.6. The molecule has 0 aliphatic carbocycles. The van der Waals surface area contributed by atoms with Crippen LogP contribution in [0.4, 0.5) is 5.69 Å². The van der Waals surface area contributed by atoms with E-state index in [1.165, 1.54) is 19.1 Å². The summed E-state index contributed by atoms with van der Waals surface area (Å²) in [5.41, 5.74) is 0.904. The first-order chi connectivity index (χ1) is 9.02. The number of carboxylic acid groups (broad SMARTS) is 1. The van der Waals surface area contributed by atoms with Crippen molar-refractivity contribution in [1.82, 2.24) is 0 Å². The van der Waals surface area contributed by atoms with E-state index in [2.05, 4.69) is 5.32 Å². The third-order valence-electron chi connectivity index (χ3n) is 2.69. The Morgan fingerprint density at radius 3 is 2.58 bits per heavy atom. The predicted octanol–water partition coefficient (Wildman–Crippen LogP) is 2.37. The van der Waals surface area contributed by atoms with Crippen LogP contribution in [0.3, 0.4) is 0 Å². The summed E-state index contributed by atoms with van der Waals surface area (Å²) in [7, 11) is 0. The molecule has 2 N–H and O–H groups in total. The number of aromatic carboxylic acids is 1. The first-order valence-electron chi connectivity index (χ1n) is 5.50. The SMILES string of the molecule is CC(=O)Nc1c(C#N)ccc2cc(C(=O)O)ccc12. The fourth-order valence-electron chi connectivity index (χ4n) is 1.87. The molecule has 0 atom stereocenters. The smallest absolute Gasteiger partial charge is 0.335 e. The van der Waals surface area contributed by atoms with Gasteiger partial charge in [0.15, 0.2) is 0 Å². The number of nitriles is 1. The average Bonchev–Trinajstić information content (AvgIpc) is 2.37. The van der Waals surface area contributed by atoms with Crippen molar-refractivity contribution < 1.29 is 14.7 Å². The van der Waals surface area contributed by atoms with Gasteiger partial charge in [-0.25, -0.2) is 4.79 Å². The van der Waals surface area contributed by atoms with E-state index in [1.807, 2.05) is 6.07 Å². The standard InChI is InChI=1S/C14H10N2O3/c1-8(17)16-13-11(7-15)3-2-9-6-10(14(18)19)4-5-12(9)13/h2-6H,1H3,(H,16,17)(H,18,19). The minimum absolute atomic E-state index is 0.158. The minimum atomic E-state index is -1.02. The summed E-state index contributed by atoms with van der Waals surface area (Å²) in [4.78, 5) is 22.1. The van der Waals surface area contributed by atoms with Gasteiger partial charge in [0, 0.05) is 12.3 Å². The summed E-state index contributed by atoms with van der Waals surface area (Å²) in [6.07, 6.45) is 0. The van der Waals surface area contributed by atoms with Gasteiger partial charge in [0.2, 0.25) is 5.91 Å². The van der Waals surface area contributed by atoms with Crippen molar-refractivity contribution in [3.8, 4) is 6.07 Å². The highest BCUT2D eigenvalue weighted by atomic mass is 16.4. The van der Waals surface area contributed by atoms with Crippen molar-refractivity contribution in [1.29, 1.82) is 5.26 Å². The van der Waals surface area contributed by atoms with Gasteiger partial charge in [-0.2, -0.15) is 5.26 Å². The van der Waals surface area contributed by atoms with Crippen LogP contribution in [-0.4, -0.2) is 17.0 Å². The third-order valence-corrected chi connectivity index (χ3v) is 2.69. The van der Waals surface area contributed by atoms with E-state index in [1.54, 1.807) is 18.2 Å². The van der Waals surface area contributed by atoms with Gasteiger partial charge < -0.3 is 10.4 Å². The van der Waals surface area contributed by atoms with Crippen molar-refractivity contribution in [3.63, 3.8) is 0 Å². The Morgan fingerprint density at radius 2 is 2.00 bits per heavy atom. The van der Waals surface area contributed by atoms with E-state index in [-0.39, 0.29) is 11.5 Å². The molecule has 0 bridgehead atoms. The van der Waals surface area contributed by atoms with E-state index in [4.69, 9.17) is 10.4 Å². The molecule has 2 aromatic carbocycles. The van der Waals surface area contributed by atoms with Gasteiger partial charge in [0.05, 0.1) is 16.8 Å². The molecule has 94 valence electrons. The van der Waals surface area contributed by atoms with E-state index in [0.717, 1.165) is 0 Å². The Labute approximate surface area is 109 Å². The molecule has 2 aromatic rings. The second-order valence-corrected chi connectivity index (χ2v) is 4.02. The van der Waals surface area contributed by atoms with Crippen LogP contribution in [0.1, 0.15) is 22.8 Å². The number of carboxylic acids is 1. The van der Waals surface area contributed by atoms with Crippen LogP contribution in [-0.2, 0) is 4.79 Å². The maximum absolute atomic E-state index is 11.2. The minimum Gasteiger partial charge on any atom is -0.478 e. The predicted molar refractivity (Wildman–Crippen MR) is 69.9 cm³/mol. The van der Waals surface area contributed by atoms with Gasteiger partial charge >= 0.3 is 5.97 Å². The van der Waals surface area contributed by atoms with Crippen LogP contribution in [0, 0.1) is 11.3 Å². The lowest BCUT2D eigenvalue weighted by Crippen LogP contribution is -2.08. The van der Waals surface area contributed by atoms with Gasteiger partial charge in [0.1, 0.15) is 6.07 Å². The summed E-state index contributed by atoms with van der Waals surface area (Å²) in [5, 5.41) is 21.9. The van der Waals surface area contributed by atoms with E-state index in [0.29, 0.717) is 22.0 Å². The monoisotopic (exact) mass is 254 g/mol. The maximum Gasteiger partial charge on any atom is 0.335 e. The molecule has 5 heteroatoms. The van der Waals surface area contributed by atoms with Gasteiger partial charge in [-0.05, 0) is 23.6 Å². The third kappa shape index (κ3) is 2.38. The number of anilines is 1. The Balaban J connectivity index is 2.72. The maximum atomic E-state index is 11.2. The molecule has 0 radical (unpaired) electrons. The number of carbonyl (C=O) groups is 2. The first-order valence-corrected chi connectivity index (χ1v) is 5.50. The lowest BCUT2D eigenvalue weighted by molar-refractivity contribution is -0.114. The molecule has 0 unspecified atom stereocenters. The number of hydrogen-bond donors (Lipinski definition) is 2. The number of benzene rings is 2. The van der Waals surface area contributed by atoms with Crippen molar-refractivity contribution in [3.05, 3.63) is 41.5 Å². The van der Waals surface area contributed by atoms with Crippen molar-refractivity contribution >= 4 is 28.3 Å². The van der Waals surface area contributed by atoms with E-state index < -0.39 is 5.97 Å². The van der Waals surface area contributed by atoms with Crippen LogP contribution in [0.2, 0.25) is 0 Å². The second kappa shape index (κ2) is 4.78. The molecule has 0 aliphatic heterocycles. The zero-order chi connectivity index (χ0) is 14.0. The average molecular weight is 254 g/mol. The number of nitrogens with zero attached hydrogens (tertiary/aromatic N) is 1. The largest absolute Gasteiger partial charge is 0.478 e. The quantitative estimate of drug-likeness (QED) is 0.860. The molecule has 1 amide bonds. The molecule has 0 saturated heterocycles. The molecular formula is C14H10N2O3. The number of amides is 1. The Morgan fingerprint density at radius 1 is 1.26 bits per heavy atom. The van der Waals surface area contributed by atoms with Crippen LogP contribution in [0.25, 0.3) is 10.8 Å². The topological polar surface area (TPSA) is 90.2 Å². The summed E-state index contributed by atoms with van der Waals surface area (Å²) in [5.74, 6) is -1.31. The highest BCUT2D eigenvalue weighted by molar-refractivity contribution is 6.05. The highest BCUT2D eigenvalue weighted by Crippen LogP contribution is 2.28. The summed E-state index contributed by atoms with van der Waals surface area (Å²) in [6, 6.07) is 9.75. The van der Waals surface area contributed by atoms with Crippen molar-refractivity contribution in [2.24, 2.45) is 0 Å².